The second-order valence-corrected chi connectivity index (χ2v) is 9.35. The molecule has 0 saturated heterocycles. The van der Waals surface area contributed by atoms with Crippen molar-refractivity contribution in [1.29, 1.82) is 0 Å². The van der Waals surface area contributed by atoms with Gasteiger partial charge in [-0.15, -0.1) is 10.2 Å². The molecule has 0 aromatic heterocycles. The van der Waals surface area contributed by atoms with E-state index in [-0.39, 0.29) is 84.1 Å². The number of aromatic hydroxyl groups is 1. The molecule has 0 spiro atoms. The summed E-state index contributed by atoms with van der Waals surface area (Å²) in [7, 11) is -9.32. The number of hydrogen-bond acceptors (Lipinski definition) is 7. The summed E-state index contributed by atoms with van der Waals surface area (Å²) in [6.45, 7) is 0. The van der Waals surface area contributed by atoms with Crippen LogP contribution in [-0.2, 0) is 20.2 Å². The van der Waals surface area contributed by atoms with Crippen LogP contribution in [0.15, 0.2) is 86.7 Å². The van der Waals surface area contributed by atoms with Gasteiger partial charge in [0.1, 0.15) is 21.2 Å². The summed E-state index contributed by atoms with van der Waals surface area (Å²) in [6, 6.07) is 16.1. The first-order valence-corrected chi connectivity index (χ1v) is 11.6. The molecule has 4 aromatic rings. The quantitative estimate of drug-likeness (QED) is 0.179. The van der Waals surface area contributed by atoms with E-state index < -0.39 is 35.8 Å². The molecule has 0 fully saturated rings. The van der Waals surface area contributed by atoms with Crippen molar-refractivity contribution in [3.8, 4) is 5.75 Å². The summed E-state index contributed by atoms with van der Waals surface area (Å²) in [5.41, 5.74) is -0.512. The monoisotopic (exact) mass is 506 g/mol. The molecule has 0 aliphatic rings. The predicted molar refractivity (Wildman–Crippen MR) is 116 cm³/mol. The standard InChI is InChI=1S/C20H14N2O7S2.2Na.2H/c23-20-15-8-4-3-7-14(15)18(31(27,28)29)11-16(20)21-22-19-13-6-2-1-5-12(13)9-10-17(19)30(24,25)26;;;;/h1-11,23H,(H,24,25,26)(H,27,28,29);;;;/q;2*+1;2*-1. The first-order chi connectivity index (χ1) is 14.6. The summed E-state index contributed by atoms with van der Waals surface area (Å²) < 4.78 is 66.5. The van der Waals surface area contributed by atoms with Crippen LogP contribution in [0, 0.1) is 0 Å². The molecule has 0 unspecified atom stereocenters. The van der Waals surface area contributed by atoms with E-state index in [4.69, 9.17) is 0 Å². The Kier molecular flexibility index (Phi) is 8.85. The maximum Gasteiger partial charge on any atom is 1.00 e. The van der Waals surface area contributed by atoms with Crippen molar-refractivity contribution < 1.29 is 93.0 Å². The van der Waals surface area contributed by atoms with Crippen molar-refractivity contribution in [2.45, 2.75) is 9.79 Å². The third-order valence-electron chi connectivity index (χ3n) is 4.64. The zero-order chi connectivity index (χ0) is 22.4. The maximum absolute atomic E-state index is 11.8. The molecule has 0 aliphatic carbocycles. The third kappa shape index (κ3) is 5.65. The smallest absolute Gasteiger partial charge is 1.00 e. The second kappa shape index (κ2) is 10.5. The number of fused-ring (bicyclic) bond motifs is 2. The molecule has 4 rings (SSSR count). The molecule has 0 atom stereocenters. The van der Waals surface area contributed by atoms with Crippen LogP contribution < -0.4 is 59.1 Å². The van der Waals surface area contributed by atoms with Crippen LogP contribution in [0.2, 0.25) is 0 Å². The van der Waals surface area contributed by atoms with Gasteiger partial charge in [-0.3, -0.25) is 9.11 Å². The summed E-state index contributed by atoms with van der Waals surface area (Å²) in [5.74, 6) is -0.416. The number of phenolic OH excluding ortho intramolecular Hbond substituents is 1. The number of azo groups is 1. The van der Waals surface area contributed by atoms with E-state index in [2.05, 4.69) is 10.2 Å². The Morgan fingerprint density at radius 2 is 1.21 bits per heavy atom. The van der Waals surface area contributed by atoms with Crippen molar-refractivity contribution in [2.24, 2.45) is 10.2 Å². The Bertz CT molecular complexity index is 1620. The summed E-state index contributed by atoms with van der Waals surface area (Å²) in [6.07, 6.45) is 0. The predicted octanol–water partition coefficient (Wildman–Crippen LogP) is -1.16. The third-order valence-corrected chi connectivity index (χ3v) is 6.41. The van der Waals surface area contributed by atoms with Crippen molar-refractivity contribution in [1.82, 2.24) is 0 Å². The largest absolute Gasteiger partial charge is 1.00 e. The van der Waals surface area contributed by atoms with E-state index in [9.17, 15) is 31.0 Å². The van der Waals surface area contributed by atoms with E-state index in [1.807, 2.05) is 0 Å². The molecule has 0 saturated carbocycles. The molecule has 33 heavy (non-hydrogen) atoms. The van der Waals surface area contributed by atoms with Gasteiger partial charge >= 0.3 is 59.1 Å². The summed E-state index contributed by atoms with van der Waals surface area (Å²) in [5, 5.41) is 19.5. The molecule has 0 heterocycles. The molecular weight excluding hydrogens is 490 g/mol. The van der Waals surface area contributed by atoms with Gasteiger partial charge in [-0.25, -0.2) is 0 Å². The molecule has 3 N–H and O–H groups in total. The van der Waals surface area contributed by atoms with Crippen LogP contribution in [0.4, 0.5) is 11.4 Å². The molecule has 0 radical (unpaired) electrons. The number of rotatable bonds is 4. The van der Waals surface area contributed by atoms with Gasteiger partial charge in [0.25, 0.3) is 20.2 Å². The first kappa shape index (κ1) is 27.9. The SMILES string of the molecule is O=S(=O)(O)c1ccc2ccccc2c1N=Nc1cc(S(=O)(=O)O)c2ccccc2c1O.[H-].[H-].[Na+].[Na+]. The fraction of sp³-hybridized carbons (Fsp3) is 0. The molecule has 0 amide bonds. The van der Waals surface area contributed by atoms with Gasteiger partial charge in [0.15, 0.2) is 5.75 Å². The molecular formula is C20H16N2Na2O7S2. The Morgan fingerprint density at radius 3 is 1.82 bits per heavy atom. The number of nitrogens with zero attached hydrogens (tertiary/aromatic N) is 2. The van der Waals surface area contributed by atoms with Gasteiger partial charge in [0.05, 0.1) is 0 Å². The average Bonchev–Trinajstić information content (AvgIpc) is 2.71. The van der Waals surface area contributed by atoms with Crippen molar-refractivity contribution in [3.05, 3.63) is 66.7 Å². The fourth-order valence-electron chi connectivity index (χ4n) is 3.25. The van der Waals surface area contributed by atoms with E-state index in [0.717, 1.165) is 12.1 Å². The van der Waals surface area contributed by atoms with Crippen LogP contribution >= 0.6 is 0 Å². The van der Waals surface area contributed by atoms with Crippen LogP contribution in [-0.4, -0.2) is 31.0 Å². The Labute approximate surface area is 236 Å². The van der Waals surface area contributed by atoms with Gasteiger partial charge < -0.3 is 7.96 Å². The van der Waals surface area contributed by atoms with Gasteiger partial charge in [-0.1, -0.05) is 54.6 Å². The Hall–Kier alpha value is -1.38. The normalized spacial score (nSPS) is 11.9. The second-order valence-electron chi connectivity index (χ2n) is 6.57. The van der Waals surface area contributed by atoms with Gasteiger partial charge in [-0.05, 0) is 17.5 Å². The molecule has 13 heteroatoms. The van der Waals surface area contributed by atoms with Crippen LogP contribution in [0.5, 0.6) is 5.75 Å². The van der Waals surface area contributed by atoms with Crippen LogP contribution in [0.25, 0.3) is 21.5 Å². The van der Waals surface area contributed by atoms with Crippen LogP contribution in [0.1, 0.15) is 2.85 Å². The van der Waals surface area contributed by atoms with E-state index in [1.54, 1.807) is 30.3 Å². The molecule has 4 aromatic carbocycles. The van der Waals surface area contributed by atoms with E-state index in [0.29, 0.717) is 10.8 Å². The number of benzene rings is 4. The van der Waals surface area contributed by atoms with Gasteiger partial charge in [0, 0.05) is 16.2 Å². The minimum Gasteiger partial charge on any atom is -1.00 e. The zero-order valence-corrected chi connectivity index (χ0v) is 23.2. The summed E-state index contributed by atoms with van der Waals surface area (Å²) >= 11 is 0. The van der Waals surface area contributed by atoms with Crippen LogP contribution in [0.3, 0.4) is 0 Å². The minimum atomic E-state index is -4.67. The number of phenols is 1. The number of hydrogen-bond donors (Lipinski definition) is 3. The fourth-order valence-corrected chi connectivity index (χ4v) is 4.60. The van der Waals surface area contributed by atoms with Gasteiger partial charge in [0.2, 0.25) is 0 Å². The van der Waals surface area contributed by atoms with Crippen molar-refractivity contribution in [2.75, 3.05) is 0 Å². The summed E-state index contributed by atoms with van der Waals surface area (Å²) in [4.78, 5) is -1.01. The van der Waals surface area contributed by atoms with E-state index >= 15 is 0 Å². The Balaban J connectivity index is 0.00000289. The average molecular weight is 506 g/mol. The van der Waals surface area contributed by atoms with Crippen molar-refractivity contribution in [3.63, 3.8) is 0 Å². The van der Waals surface area contributed by atoms with Gasteiger partial charge in [-0.2, -0.15) is 16.8 Å². The molecule has 0 bridgehead atoms. The minimum absolute atomic E-state index is 0. The molecule has 162 valence electrons. The van der Waals surface area contributed by atoms with E-state index in [1.165, 1.54) is 24.3 Å². The topological polar surface area (TPSA) is 154 Å². The first-order valence-electron chi connectivity index (χ1n) is 8.70. The maximum atomic E-state index is 11.8. The molecule has 9 nitrogen and oxygen atoms in total. The molecule has 0 aliphatic heterocycles. The Morgan fingerprint density at radius 1 is 0.667 bits per heavy atom. The zero-order valence-electron chi connectivity index (χ0n) is 19.5. The van der Waals surface area contributed by atoms with Crippen molar-refractivity contribution >= 4 is 53.2 Å².